The number of methoxy groups -OCH3 is 2. The van der Waals surface area contributed by atoms with Crippen LogP contribution in [0.5, 0.6) is 17.2 Å². The van der Waals surface area contributed by atoms with Crippen molar-refractivity contribution in [1.82, 2.24) is 5.32 Å². The molecule has 0 radical (unpaired) electrons. The summed E-state index contributed by atoms with van der Waals surface area (Å²) in [5.74, 6) is 0.960. The van der Waals surface area contributed by atoms with Gasteiger partial charge in [-0.2, -0.15) is 0 Å². The molecule has 0 fully saturated rings. The number of anilines is 1. The Labute approximate surface area is 127 Å². The predicted molar refractivity (Wildman–Crippen MR) is 81.5 cm³/mol. The van der Waals surface area contributed by atoms with Crippen molar-refractivity contribution in [3.8, 4) is 17.2 Å². The molecule has 1 amide bonds. The second-order valence-electron chi connectivity index (χ2n) is 4.90. The Morgan fingerprint density at radius 3 is 2.45 bits per heavy atom. The maximum absolute atomic E-state index is 12.3. The largest absolute Gasteiger partial charge is 0.508 e. The fourth-order valence-electron chi connectivity index (χ4n) is 2.46. The molecule has 2 aromatic carbocycles. The summed E-state index contributed by atoms with van der Waals surface area (Å²) in [6, 6.07) is 10.1. The highest BCUT2D eigenvalue weighted by atomic mass is 16.5. The highest BCUT2D eigenvalue weighted by Gasteiger charge is 2.26. The summed E-state index contributed by atoms with van der Waals surface area (Å²) in [6.45, 7) is 0. The lowest BCUT2D eigenvalue weighted by molar-refractivity contribution is 0.0935. The van der Waals surface area contributed by atoms with Crippen molar-refractivity contribution in [3.63, 3.8) is 0 Å². The third kappa shape index (κ3) is 2.39. The monoisotopic (exact) mass is 300 g/mol. The molecule has 1 aliphatic heterocycles. The van der Waals surface area contributed by atoms with E-state index in [4.69, 9.17) is 9.47 Å². The van der Waals surface area contributed by atoms with Gasteiger partial charge in [0.1, 0.15) is 11.9 Å². The van der Waals surface area contributed by atoms with Crippen molar-refractivity contribution in [2.75, 3.05) is 19.5 Å². The van der Waals surface area contributed by atoms with E-state index in [0.29, 0.717) is 22.7 Å². The first-order chi connectivity index (χ1) is 10.6. The first-order valence-electron chi connectivity index (χ1n) is 6.74. The minimum absolute atomic E-state index is 0.145. The van der Waals surface area contributed by atoms with Crippen molar-refractivity contribution >= 4 is 11.6 Å². The molecule has 0 aromatic heterocycles. The van der Waals surface area contributed by atoms with Crippen molar-refractivity contribution in [1.29, 1.82) is 0 Å². The maximum atomic E-state index is 12.3. The van der Waals surface area contributed by atoms with Crippen LogP contribution in [0.15, 0.2) is 36.4 Å². The molecule has 6 heteroatoms. The molecule has 6 nitrogen and oxygen atoms in total. The fourth-order valence-corrected chi connectivity index (χ4v) is 2.46. The topological polar surface area (TPSA) is 79.8 Å². The Morgan fingerprint density at radius 2 is 1.77 bits per heavy atom. The Bertz CT molecular complexity index is 730. The van der Waals surface area contributed by atoms with Crippen LogP contribution >= 0.6 is 0 Å². The second kappa shape index (κ2) is 5.48. The van der Waals surface area contributed by atoms with Crippen molar-refractivity contribution in [3.05, 3.63) is 47.5 Å². The molecule has 3 N–H and O–H groups in total. The number of phenolic OH excluding ortho intramolecular Hbond substituents is 1. The number of aromatic hydroxyl groups is 1. The Kier molecular flexibility index (Phi) is 3.50. The number of rotatable bonds is 3. The summed E-state index contributed by atoms with van der Waals surface area (Å²) in [5.41, 5.74) is 1.89. The number of amides is 1. The van der Waals surface area contributed by atoms with E-state index in [9.17, 15) is 9.90 Å². The van der Waals surface area contributed by atoms with Gasteiger partial charge < -0.3 is 25.2 Å². The molecular formula is C16H16N2O4. The number of carbonyl (C=O) groups excluding carboxylic acids is 1. The molecule has 1 heterocycles. The number of fused-ring (bicyclic) bond motifs is 1. The third-order valence-electron chi connectivity index (χ3n) is 3.55. The van der Waals surface area contributed by atoms with Crippen LogP contribution in [0, 0.1) is 0 Å². The number of hydrogen-bond acceptors (Lipinski definition) is 5. The van der Waals surface area contributed by atoms with Crippen molar-refractivity contribution < 1.29 is 19.4 Å². The van der Waals surface area contributed by atoms with E-state index >= 15 is 0 Å². The molecule has 22 heavy (non-hydrogen) atoms. The van der Waals surface area contributed by atoms with Gasteiger partial charge in [-0.15, -0.1) is 0 Å². The van der Waals surface area contributed by atoms with Crippen molar-refractivity contribution in [2.45, 2.75) is 6.17 Å². The maximum Gasteiger partial charge on any atom is 0.255 e. The van der Waals surface area contributed by atoms with Crippen LogP contribution in [0.4, 0.5) is 5.69 Å². The first-order valence-corrected chi connectivity index (χ1v) is 6.74. The Balaban J connectivity index is 2.00. The van der Waals surface area contributed by atoms with Gasteiger partial charge in [0.05, 0.1) is 25.5 Å². The van der Waals surface area contributed by atoms with E-state index in [0.717, 1.165) is 5.56 Å². The van der Waals surface area contributed by atoms with Crippen LogP contribution in [0.3, 0.4) is 0 Å². The SMILES string of the molecule is COc1cc2c(cc1OC)C(=O)N[C@@H](c1cccc(O)c1)N2. The summed E-state index contributed by atoms with van der Waals surface area (Å²) in [6.07, 6.45) is -0.426. The van der Waals surface area contributed by atoms with Crippen molar-refractivity contribution in [2.24, 2.45) is 0 Å². The molecule has 114 valence electrons. The van der Waals surface area contributed by atoms with Gasteiger partial charge in [-0.05, 0) is 23.8 Å². The summed E-state index contributed by atoms with van der Waals surface area (Å²) >= 11 is 0. The molecular weight excluding hydrogens is 284 g/mol. The first kappa shape index (κ1) is 14.1. The van der Waals surface area contributed by atoms with Crippen LogP contribution in [0.25, 0.3) is 0 Å². The number of hydrogen-bond donors (Lipinski definition) is 3. The minimum Gasteiger partial charge on any atom is -0.508 e. The molecule has 3 rings (SSSR count). The van der Waals surface area contributed by atoms with Gasteiger partial charge in [0.15, 0.2) is 11.5 Å². The van der Waals surface area contributed by atoms with Gasteiger partial charge >= 0.3 is 0 Å². The normalized spacial score (nSPS) is 16.3. The predicted octanol–water partition coefficient (Wildman–Crippen LogP) is 2.26. The highest BCUT2D eigenvalue weighted by Crippen LogP contribution is 2.36. The second-order valence-corrected chi connectivity index (χ2v) is 4.90. The number of benzene rings is 2. The van der Waals surface area contributed by atoms with Gasteiger partial charge in [-0.25, -0.2) is 0 Å². The van der Waals surface area contributed by atoms with E-state index in [2.05, 4.69) is 10.6 Å². The van der Waals surface area contributed by atoms with Gasteiger partial charge in [-0.3, -0.25) is 4.79 Å². The molecule has 0 aliphatic carbocycles. The molecule has 0 bridgehead atoms. The molecule has 0 saturated carbocycles. The zero-order chi connectivity index (χ0) is 15.7. The molecule has 0 spiro atoms. The quantitative estimate of drug-likeness (QED) is 0.810. The highest BCUT2D eigenvalue weighted by molar-refractivity contribution is 6.02. The van der Waals surface area contributed by atoms with Crippen LogP contribution in [0.2, 0.25) is 0 Å². The van der Waals surface area contributed by atoms with E-state index in [1.807, 2.05) is 6.07 Å². The average molecular weight is 300 g/mol. The molecule has 1 aliphatic rings. The van der Waals surface area contributed by atoms with Gasteiger partial charge in [0.2, 0.25) is 0 Å². The average Bonchev–Trinajstić information content (AvgIpc) is 2.53. The lowest BCUT2D eigenvalue weighted by Gasteiger charge is -2.29. The lowest BCUT2D eigenvalue weighted by Crippen LogP contribution is -2.38. The van der Waals surface area contributed by atoms with E-state index in [1.54, 1.807) is 37.4 Å². The number of phenols is 1. The van der Waals surface area contributed by atoms with E-state index in [-0.39, 0.29) is 11.7 Å². The Morgan fingerprint density at radius 1 is 1.05 bits per heavy atom. The molecule has 0 saturated heterocycles. The Hall–Kier alpha value is -2.89. The molecule has 2 aromatic rings. The van der Waals surface area contributed by atoms with Crippen LogP contribution in [-0.2, 0) is 0 Å². The zero-order valence-electron chi connectivity index (χ0n) is 12.2. The van der Waals surface area contributed by atoms with Crippen LogP contribution in [-0.4, -0.2) is 25.2 Å². The minimum atomic E-state index is -0.426. The summed E-state index contributed by atoms with van der Waals surface area (Å²) in [7, 11) is 3.06. The van der Waals surface area contributed by atoms with E-state index < -0.39 is 6.17 Å². The summed E-state index contributed by atoms with van der Waals surface area (Å²) in [5, 5.41) is 15.6. The zero-order valence-corrected chi connectivity index (χ0v) is 12.2. The van der Waals surface area contributed by atoms with E-state index in [1.165, 1.54) is 7.11 Å². The standard InChI is InChI=1S/C16H16N2O4/c1-21-13-7-11-12(8-14(13)22-2)17-15(18-16(11)20)9-4-3-5-10(19)6-9/h3-8,15,17,19H,1-2H3,(H,18,20)/t15-/m0/s1. The number of carbonyl (C=O) groups is 1. The van der Waals surface area contributed by atoms with Crippen LogP contribution in [0.1, 0.15) is 22.1 Å². The molecule has 1 atom stereocenters. The van der Waals surface area contributed by atoms with Crippen LogP contribution < -0.4 is 20.1 Å². The third-order valence-corrected chi connectivity index (χ3v) is 3.55. The van der Waals surface area contributed by atoms with Gasteiger partial charge in [0.25, 0.3) is 5.91 Å². The smallest absolute Gasteiger partial charge is 0.255 e. The summed E-state index contributed by atoms with van der Waals surface area (Å²) < 4.78 is 10.5. The lowest BCUT2D eigenvalue weighted by atomic mass is 10.0. The summed E-state index contributed by atoms with van der Waals surface area (Å²) in [4.78, 5) is 12.3. The number of ether oxygens (including phenoxy) is 2. The van der Waals surface area contributed by atoms with Gasteiger partial charge in [-0.1, -0.05) is 12.1 Å². The number of nitrogens with one attached hydrogen (secondary N) is 2. The molecule has 0 unspecified atom stereocenters. The fraction of sp³-hybridized carbons (Fsp3) is 0.188. The van der Waals surface area contributed by atoms with Gasteiger partial charge in [0, 0.05) is 6.07 Å².